The van der Waals surface area contributed by atoms with Crippen LogP contribution in [0.2, 0.25) is 0 Å². The SMILES string of the molecule is CC/C=C\C/C=C\C/C=C\C/C=C\C/C=C\CCCCCC(=O)OC(/C=C\C/C=C\CCCCC)CCCCCCCCC(=O)NC(CCCN)C(=O)O. The monoisotopic (exact) mass is 751 g/mol. The molecule has 0 aliphatic rings. The zero-order chi connectivity index (χ0) is 39.6. The van der Waals surface area contributed by atoms with Crippen LogP contribution in [-0.4, -0.2) is 41.6 Å². The maximum absolute atomic E-state index is 12.7. The molecule has 0 heterocycles. The third-order valence-corrected chi connectivity index (χ3v) is 8.93. The minimum atomic E-state index is -1.01. The smallest absolute Gasteiger partial charge is 0.326 e. The second-order valence-electron chi connectivity index (χ2n) is 14.0. The van der Waals surface area contributed by atoms with E-state index in [0.29, 0.717) is 32.2 Å². The normalized spacial score (nSPS) is 13.5. The summed E-state index contributed by atoms with van der Waals surface area (Å²) in [5, 5.41) is 11.9. The topological polar surface area (TPSA) is 119 Å². The summed E-state index contributed by atoms with van der Waals surface area (Å²) in [7, 11) is 0. The van der Waals surface area contributed by atoms with Gasteiger partial charge in [-0.3, -0.25) is 9.59 Å². The van der Waals surface area contributed by atoms with Gasteiger partial charge in [0.25, 0.3) is 0 Å². The Kier molecular flexibility index (Phi) is 38.1. The number of carboxylic acids is 1. The van der Waals surface area contributed by atoms with Gasteiger partial charge in [0.15, 0.2) is 0 Å². The molecule has 54 heavy (non-hydrogen) atoms. The lowest BCUT2D eigenvalue weighted by atomic mass is 10.0. The number of carbonyl (C=O) groups is 3. The minimum absolute atomic E-state index is 0.110. The molecule has 4 N–H and O–H groups in total. The van der Waals surface area contributed by atoms with Gasteiger partial charge in [0.1, 0.15) is 12.1 Å². The molecule has 0 saturated carbocycles. The number of hydrogen-bond donors (Lipinski definition) is 3. The molecule has 0 aliphatic carbocycles. The van der Waals surface area contributed by atoms with Crippen molar-refractivity contribution in [2.24, 2.45) is 5.73 Å². The fourth-order valence-corrected chi connectivity index (χ4v) is 5.72. The Balaban J connectivity index is 4.34. The average molecular weight is 751 g/mol. The molecule has 0 bridgehead atoms. The van der Waals surface area contributed by atoms with Crippen molar-refractivity contribution >= 4 is 17.8 Å². The van der Waals surface area contributed by atoms with Gasteiger partial charge in [0, 0.05) is 12.8 Å². The van der Waals surface area contributed by atoms with Gasteiger partial charge in [0.05, 0.1) is 0 Å². The Morgan fingerprint density at radius 1 is 0.574 bits per heavy atom. The second-order valence-corrected chi connectivity index (χ2v) is 14.0. The first-order valence-corrected chi connectivity index (χ1v) is 21.4. The molecular weight excluding hydrogens is 673 g/mol. The van der Waals surface area contributed by atoms with E-state index in [9.17, 15) is 19.5 Å². The van der Waals surface area contributed by atoms with E-state index >= 15 is 0 Å². The van der Waals surface area contributed by atoms with Crippen LogP contribution in [0.3, 0.4) is 0 Å². The summed E-state index contributed by atoms with van der Waals surface area (Å²) in [4.78, 5) is 36.2. The lowest BCUT2D eigenvalue weighted by Crippen LogP contribution is -2.40. The van der Waals surface area contributed by atoms with Crippen molar-refractivity contribution in [1.29, 1.82) is 0 Å². The number of unbranched alkanes of at least 4 members (excludes halogenated alkanes) is 11. The number of carbonyl (C=O) groups excluding carboxylic acids is 2. The number of rotatable bonds is 37. The Bertz CT molecular complexity index is 1120. The molecule has 0 saturated heterocycles. The lowest BCUT2D eigenvalue weighted by molar-refractivity contribution is -0.147. The van der Waals surface area contributed by atoms with E-state index in [4.69, 9.17) is 10.5 Å². The van der Waals surface area contributed by atoms with Crippen LogP contribution < -0.4 is 11.1 Å². The van der Waals surface area contributed by atoms with Crippen molar-refractivity contribution in [2.75, 3.05) is 6.54 Å². The second kappa shape index (κ2) is 40.7. The molecule has 0 radical (unpaired) electrons. The van der Waals surface area contributed by atoms with Crippen LogP contribution in [-0.2, 0) is 19.1 Å². The predicted molar refractivity (Wildman–Crippen MR) is 229 cm³/mol. The van der Waals surface area contributed by atoms with Gasteiger partial charge < -0.3 is 20.9 Å². The number of nitrogens with one attached hydrogen (secondary N) is 1. The predicted octanol–water partition coefficient (Wildman–Crippen LogP) is 12.1. The van der Waals surface area contributed by atoms with E-state index in [2.05, 4.69) is 104 Å². The number of nitrogens with two attached hydrogens (primary N) is 1. The van der Waals surface area contributed by atoms with Crippen molar-refractivity contribution in [2.45, 2.75) is 187 Å². The van der Waals surface area contributed by atoms with Crippen LogP contribution in [0.4, 0.5) is 0 Å². The molecule has 0 aliphatic heterocycles. The third kappa shape index (κ3) is 36.9. The molecule has 2 unspecified atom stereocenters. The van der Waals surface area contributed by atoms with Crippen molar-refractivity contribution in [3.63, 3.8) is 0 Å². The molecule has 0 aromatic carbocycles. The van der Waals surface area contributed by atoms with Crippen LogP contribution in [0.1, 0.15) is 174 Å². The maximum atomic E-state index is 12.7. The van der Waals surface area contributed by atoms with Crippen molar-refractivity contribution in [3.8, 4) is 0 Å². The fraction of sp³-hybridized carbons (Fsp3) is 0.638. The molecular formula is C47H78N2O5. The highest BCUT2D eigenvalue weighted by Gasteiger charge is 2.18. The number of esters is 1. The van der Waals surface area contributed by atoms with Gasteiger partial charge in [-0.2, -0.15) is 0 Å². The Hall–Kier alpha value is -3.45. The zero-order valence-electron chi connectivity index (χ0n) is 34.3. The first-order chi connectivity index (χ1) is 26.4. The lowest BCUT2D eigenvalue weighted by Gasteiger charge is -2.15. The standard InChI is InChI=1S/C47H78N2O5/c1-3-5-7-9-11-13-14-15-16-17-18-19-20-21-22-23-25-31-35-41-46(51)54-43(37-32-28-24-12-10-8-6-4-2)38-33-29-26-27-30-34-40-45(50)49-44(47(52)53)39-36-42-48/h5,7,11-13,15-16,18-19,21-22,24,32,37,43-44H,3-4,6,8-10,14,17,20,23,25-31,33-36,38-42,48H2,1-2H3,(H,49,50)(H,52,53)/b7-5-,13-11-,16-15-,19-18-,22-21-,24-12-,37-32-. The number of amides is 1. The Labute approximate surface area is 330 Å². The summed E-state index contributed by atoms with van der Waals surface area (Å²) >= 11 is 0. The molecule has 0 fully saturated rings. The molecule has 7 nitrogen and oxygen atoms in total. The van der Waals surface area contributed by atoms with E-state index in [1.54, 1.807) is 0 Å². The van der Waals surface area contributed by atoms with E-state index in [-0.39, 0.29) is 18.0 Å². The van der Waals surface area contributed by atoms with Gasteiger partial charge in [-0.15, -0.1) is 0 Å². The maximum Gasteiger partial charge on any atom is 0.326 e. The van der Waals surface area contributed by atoms with E-state index < -0.39 is 12.0 Å². The zero-order valence-corrected chi connectivity index (χ0v) is 34.3. The molecule has 306 valence electrons. The van der Waals surface area contributed by atoms with Crippen molar-refractivity contribution in [1.82, 2.24) is 5.32 Å². The summed E-state index contributed by atoms with van der Waals surface area (Å²) in [6.07, 6.45) is 53.6. The highest BCUT2D eigenvalue weighted by Crippen LogP contribution is 2.15. The highest BCUT2D eigenvalue weighted by atomic mass is 16.5. The molecule has 7 heteroatoms. The quantitative estimate of drug-likeness (QED) is 0.0330. The largest absolute Gasteiger partial charge is 0.480 e. The van der Waals surface area contributed by atoms with Crippen molar-refractivity contribution in [3.05, 3.63) is 85.1 Å². The molecule has 1 amide bonds. The molecule has 0 spiro atoms. The summed E-state index contributed by atoms with van der Waals surface area (Å²) in [5.41, 5.74) is 5.47. The van der Waals surface area contributed by atoms with Crippen molar-refractivity contribution < 1.29 is 24.2 Å². The minimum Gasteiger partial charge on any atom is -0.480 e. The van der Waals surface area contributed by atoms with Crippen LogP contribution in [0.15, 0.2) is 85.1 Å². The van der Waals surface area contributed by atoms with Gasteiger partial charge in [0.2, 0.25) is 5.91 Å². The average Bonchev–Trinajstić information content (AvgIpc) is 3.16. The van der Waals surface area contributed by atoms with Gasteiger partial charge in [-0.25, -0.2) is 4.79 Å². The number of hydrogen-bond acceptors (Lipinski definition) is 5. The first-order valence-electron chi connectivity index (χ1n) is 21.4. The summed E-state index contributed by atoms with van der Waals surface area (Å²) in [6, 6.07) is -0.862. The fourth-order valence-electron chi connectivity index (χ4n) is 5.72. The highest BCUT2D eigenvalue weighted by molar-refractivity contribution is 5.83. The summed E-state index contributed by atoms with van der Waals surface area (Å²) in [6.45, 7) is 4.78. The van der Waals surface area contributed by atoms with Gasteiger partial charge in [-0.1, -0.05) is 138 Å². The molecule has 0 aromatic heterocycles. The molecule has 0 rings (SSSR count). The number of aliphatic carboxylic acids is 1. The van der Waals surface area contributed by atoms with Gasteiger partial charge >= 0.3 is 11.9 Å². The Morgan fingerprint density at radius 2 is 1.07 bits per heavy atom. The van der Waals surface area contributed by atoms with Crippen LogP contribution in [0.5, 0.6) is 0 Å². The summed E-state index contributed by atoms with van der Waals surface area (Å²) in [5.74, 6) is -1.33. The number of ether oxygens (including phenoxy) is 1. The first kappa shape index (κ1) is 50.5. The van der Waals surface area contributed by atoms with E-state index in [1.807, 2.05) is 0 Å². The molecule has 2 atom stereocenters. The third-order valence-electron chi connectivity index (χ3n) is 8.93. The van der Waals surface area contributed by atoms with Crippen LogP contribution in [0, 0.1) is 0 Å². The molecule has 0 aromatic rings. The van der Waals surface area contributed by atoms with Crippen LogP contribution >= 0.6 is 0 Å². The Morgan fingerprint density at radius 3 is 1.65 bits per heavy atom. The summed E-state index contributed by atoms with van der Waals surface area (Å²) < 4.78 is 5.92. The van der Waals surface area contributed by atoms with Gasteiger partial charge in [-0.05, 0) is 115 Å². The van der Waals surface area contributed by atoms with E-state index in [1.165, 1.54) is 19.3 Å². The number of carboxylic acid groups (broad SMARTS) is 1. The number of allylic oxidation sites excluding steroid dienone is 13. The van der Waals surface area contributed by atoms with Crippen LogP contribution in [0.25, 0.3) is 0 Å². The van der Waals surface area contributed by atoms with E-state index in [0.717, 1.165) is 116 Å².